The zero-order valence-electron chi connectivity index (χ0n) is 11.5. The Labute approximate surface area is 118 Å². The maximum atomic E-state index is 5.60. The lowest BCUT2D eigenvalue weighted by Crippen LogP contribution is -2.19. The molecule has 0 unspecified atom stereocenters. The third-order valence-electron chi connectivity index (χ3n) is 3.60. The number of nitrogen functional groups attached to an aromatic ring is 1. The maximum Gasteiger partial charge on any atom is 0.162 e. The van der Waals surface area contributed by atoms with Gasteiger partial charge in [0.15, 0.2) is 5.82 Å². The first kappa shape index (κ1) is 13.0. The molecule has 2 aromatic rings. The third kappa shape index (κ3) is 2.26. The lowest BCUT2D eigenvalue weighted by Gasteiger charge is -2.19. The Bertz CT molecular complexity index is 610. The van der Waals surface area contributed by atoms with Crippen molar-refractivity contribution in [1.29, 1.82) is 0 Å². The first-order valence-electron chi connectivity index (χ1n) is 6.86. The van der Waals surface area contributed by atoms with E-state index in [9.17, 15) is 0 Å². The van der Waals surface area contributed by atoms with Gasteiger partial charge in [-0.2, -0.15) is 0 Å². The van der Waals surface area contributed by atoms with Gasteiger partial charge in [-0.05, 0) is 12.0 Å². The summed E-state index contributed by atoms with van der Waals surface area (Å²) in [7, 11) is 0. The number of hydrogen-bond acceptors (Lipinski definition) is 5. The highest BCUT2D eigenvalue weighted by Gasteiger charge is 2.19. The monoisotopic (exact) mass is 270 g/mol. The molecular formula is C15H18N4O. The molecule has 2 heterocycles. The van der Waals surface area contributed by atoms with Gasteiger partial charge in [-0.3, -0.25) is 0 Å². The zero-order chi connectivity index (χ0) is 13.9. The Hall–Kier alpha value is -1.98. The van der Waals surface area contributed by atoms with E-state index in [4.69, 9.17) is 15.6 Å². The van der Waals surface area contributed by atoms with Crippen LogP contribution in [0, 0.1) is 0 Å². The van der Waals surface area contributed by atoms with Crippen molar-refractivity contribution in [3.05, 3.63) is 41.1 Å². The number of nitrogens with zero attached hydrogens (tertiary/aromatic N) is 2. The third-order valence-corrected chi connectivity index (χ3v) is 3.60. The summed E-state index contributed by atoms with van der Waals surface area (Å²) in [5.41, 5.74) is 6.98. The molecule has 3 rings (SSSR count). The maximum absolute atomic E-state index is 5.60. The van der Waals surface area contributed by atoms with Crippen molar-refractivity contribution in [2.75, 3.05) is 12.0 Å². The van der Waals surface area contributed by atoms with Gasteiger partial charge < -0.3 is 10.2 Å². The number of hydrogen-bond donors (Lipinski definition) is 2. The fourth-order valence-corrected chi connectivity index (χ4v) is 2.52. The van der Waals surface area contributed by atoms with Gasteiger partial charge >= 0.3 is 0 Å². The average molecular weight is 270 g/mol. The summed E-state index contributed by atoms with van der Waals surface area (Å²) in [4.78, 5) is 9.27. The van der Waals surface area contributed by atoms with Crippen molar-refractivity contribution >= 4 is 5.82 Å². The first-order valence-corrected chi connectivity index (χ1v) is 6.86. The Morgan fingerprint density at radius 1 is 1.30 bits per heavy atom. The van der Waals surface area contributed by atoms with Crippen molar-refractivity contribution in [2.24, 2.45) is 5.84 Å². The highest BCUT2D eigenvalue weighted by atomic mass is 16.5. The number of ether oxygens (including phenoxy) is 1. The van der Waals surface area contributed by atoms with E-state index in [0.717, 1.165) is 35.5 Å². The number of rotatable bonds is 3. The molecule has 0 fully saturated rings. The van der Waals surface area contributed by atoms with Crippen LogP contribution in [-0.2, 0) is 24.2 Å². The molecule has 5 heteroatoms. The largest absolute Gasteiger partial charge is 0.376 e. The van der Waals surface area contributed by atoms with Crippen molar-refractivity contribution in [3.8, 4) is 11.4 Å². The number of nitrogens with one attached hydrogen (secondary N) is 1. The van der Waals surface area contributed by atoms with Gasteiger partial charge in [0.1, 0.15) is 5.82 Å². The molecule has 104 valence electrons. The molecule has 1 aromatic carbocycles. The molecule has 3 N–H and O–H groups in total. The number of benzene rings is 1. The summed E-state index contributed by atoms with van der Waals surface area (Å²) in [5.74, 6) is 6.99. The Morgan fingerprint density at radius 3 is 2.95 bits per heavy atom. The minimum atomic E-state index is 0.518. The van der Waals surface area contributed by atoms with Crippen molar-refractivity contribution in [2.45, 2.75) is 26.4 Å². The number of nitrogens with two attached hydrogens (primary N) is 1. The van der Waals surface area contributed by atoms with Crippen molar-refractivity contribution < 1.29 is 4.74 Å². The molecule has 1 aliphatic rings. The van der Waals surface area contributed by atoms with Crippen LogP contribution in [0.3, 0.4) is 0 Å². The lowest BCUT2D eigenvalue weighted by atomic mass is 10.0. The molecule has 0 atom stereocenters. The van der Waals surface area contributed by atoms with E-state index < -0.39 is 0 Å². The zero-order valence-corrected chi connectivity index (χ0v) is 11.5. The highest BCUT2D eigenvalue weighted by Crippen LogP contribution is 2.27. The molecular weight excluding hydrogens is 252 g/mol. The summed E-state index contributed by atoms with van der Waals surface area (Å²) in [6.45, 7) is 3.35. The molecule has 0 radical (unpaired) electrons. The molecule has 0 amide bonds. The van der Waals surface area contributed by atoms with E-state index in [1.165, 1.54) is 5.56 Å². The quantitative estimate of drug-likeness (QED) is 0.659. The van der Waals surface area contributed by atoms with E-state index in [0.29, 0.717) is 19.0 Å². The molecule has 1 aliphatic heterocycles. The van der Waals surface area contributed by atoms with Gasteiger partial charge in [0.25, 0.3) is 0 Å². The topological polar surface area (TPSA) is 73.1 Å². The van der Waals surface area contributed by atoms with Gasteiger partial charge in [-0.1, -0.05) is 31.2 Å². The molecule has 0 bridgehead atoms. The predicted molar refractivity (Wildman–Crippen MR) is 78.0 cm³/mol. The van der Waals surface area contributed by atoms with Crippen LogP contribution in [0.4, 0.5) is 5.82 Å². The second-order valence-corrected chi connectivity index (χ2v) is 4.78. The standard InChI is InChI=1S/C15H18N4O/c1-2-10-5-3-4-6-11(10)14-17-13-7-8-20-9-12(13)15(18-14)19-16/h3-6H,2,7-9,16H2,1H3,(H,17,18,19). The van der Waals surface area contributed by atoms with Crippen LogP contribution in [0.1, 0.15) is 23.7 Å². The van der Waals surface area contributed by atoms with E-state index >= 15 is 0 Å². The molecule has 0 aliphatic carbocycles. The van der Waals surface area contributed by atoms with Crippen LogP contribution >= 0.6 is 0 Å². The minimum absolute atomic E-state index is 0.518. The predicted octanol–water partition coefficient (Wildman–Crippen LogP) is 2.06. The molecule has 20 heavy (non-hydrogen) atoms. The molecule has 0 saturated carbocycles. The smallest absolute Gasteiger partial charge is 0.162 e. The van der Waals surface area contributed by atoms with E-state index in [-0.39, 0.29) is 0 Å². The fraction of sp³-hybridized carbons (Fsp3) is 0.333. The Balaban J connectivity index is 2.14. The molecule has 5 nitrogen and oxygen atoms in total. The van der Waals surface area contributed by atoms with E-state index in [2.05, 4.69) is 29.5 Å². The van der Waals surface area contributed by atoms with Crippen LogP contribution in [-0.4, -0.2) is 16.6 Å². The summed E-state index contributed by atoms with van der Waals surface area (Å²) in [5, 5.41) is 0. The summed E-state index contributed by atoms with van der Waals surface area (Å²) >= 11 is 0. The minimum Gasteiger partial charge on any atom is -0.376 e. The second kappa shape index (κ2) is 5.56. The number of aryl methyl sites for hydroxylation is 1. The Morgan fingerprint density at radius 2 is 2.15 bits per heavy atom. The first-order chi connectivity index (χ1) is 9.83. The van der Waals surface area contributed by atoms with Crippen LogP contribution in [0.5, 0.6) is 0 Å². The number of hydrazine groups is 1. The molecule has 0 saturated heterocycles. The number of anilines is 1. The van der Waals surface area contributed by atoms with Crippen LogP contribution in [0.15, 0.2) is 24.3 Å². The molecule has 0 spiro atoms. The van der Waals surface area contributed by atoms with Crippen molar-refractivity contribution in [3.63, 3.8) is 0 Å². The van der Waals surface area contributed by atoms with Crippen LogP contribution in [0.25, 0.3) is 11.4 Å². The van der Waals surface area contributed by atoms with Crippen molar-refractivity contribution in [1.82, 2.24) is 9.97 Å². The van der Waals surface area contributed by atoms with Gasteiger partial charge in [0.2, 0.25) is 0 Å². The normalized spacial score (nSPS) is 13.9. The Kier molecular flexibility index (Phi) is 3.62. The lowest BCUT2D eigenvalue weighted by molar-refractivity contribution is 0.109. The van der Waals surface area contributed by atoms with Crippen LogP contribution in [0.2, 0.25) is 0 Å². The average Bonchev–Trinajstić information content (AvgIpc) is 2.53. The van der Waals surface area contributed by atoms with Gasteiger partial charge in [0.05, 0.1) is 18.9 Å². The van der Waals surface area contributed by atoms with Crippen LogP contribution < -0.4 is 11.3 Å². The van der Waals surface area contributed by atoms with Gasteiger partial charge in [-0.15, -0.1) is 0 Å². The van der Waals surface area contributed by atoms with E-state index in [1.807, 2.05) is 12.1 Å². The highest BCUT2D eigenvalue weighted by molar-refractivity contribution is 5.63. The fourth-order valence-electron chi connectivity index (χ4n) is 2.52. The van der Waals surface area contributed by atoms with Gasteiger partial charge in [-0.25, -0.2) is 15.8 Å². The van der Waals surface area contributed by atoms with E-state index in [1.54, 1.807) is 0 Å². The summed E-state index contributed by atoms with van der Waals surface area (Å²) in [6.07, 6.45) is 1.75. The molecule has 1 aromatic heterocycles. The van der Waals surface area contributed by atoms with Gasteiger partial charge in [0, 0.05) is 17.5 Å². The SMILES string of the molecule is CCc1ccccc1-c1nc2c(c(NN)n1)COCC2. The second-order valence-electron chi connectivity index (χ2n) is 4.78. The summed E-state index contributed by atoms with van der Waals surface area (Å²) < 4.78 is 5.45. The summed E-state index contributed by atoms with van der Waals surface area (Å²) in [6, 6.07) is 8.21. The number of aromatic nitrogens is 2. The number of fused-ring (bicyclic) bond motifs is 1.